The summed E-state index contributed by atoms with van der Waals surface area (Å²) in [6, 6.07) is 3.98. The number of fused-ring (bicyclic) bond motifs is 1. The van der Waals surface area contributed by atoms with Crippen molar-refractivity contribution in [1.82, 2.24) is 15.4 Å². The highest BCUT2D eigenvalue weighted by atomic mass is 32.2. The fraction of sp³-hybridized carbons (Fsp3) is 0.250. The maximum absolute atomic E-state index is 11.8. The van der Waals surface area contributed by atoms with E-state index in [1.54, 1.807) is 11.8 Å². The molecule has 0 fully saturated rings. The second kappa shape index (κ2) is 6.12. The third kappa shape index (κ3) is 2.69. The molecule has 124 valence electrons. The van der Waals surface area contributed by atoms with E-state index < -0.39 is 5.91 Å². The van der Waals surface area contributed by atoms with Crippen LogP contribution >= 0.6 is 11.8 Å². The molecule has 0 aliphatic rings. The zero-order valence-electron chi connectivity index (χ0n) is 13.8. The van der Waals surface area contributed by atoms with E-state index in [1.807, 2.05) is 39.2 Å². The number of thioether (sulfide) groups is 1. The number of aryl methyl sites for hydroxylation is 2. The van der Waals surface area contributed by atoms with Gasteiger partial charge in [-0.3, -0.25) is 4.79 Å². The lowest BCUT2D eigenvalue weighted by molar-refractivity contribution is 0.0995. The molecule has 24 heavy (non-hydrogen) atoms. The Bertz CT molecular complexity index is 951. The quantitative estimate of drug-likeness (QED) is 0.701. The van der Waals surface area contributed by atoms with Gasteiger partial charge in [0.05, 0.1) is 16.9 Å². The van der Waals surface area contributed by atoms with E-state index in [1.165, 1.54) is 0 Å². The molecule has 2 heterocycles. The molecule has 1 amide bonds. The molecule has 3 rings (SSSR count). The molecule has 1 aromatic carbocycles. The van der Waals surface area contributed by atoms with Crippen molar-refractivity contribution in [3.8, 4) is 0 Å². The molecule has 0 saturated heterocycles. The van der Waals surface area contributed by atoms with Crippen LogP contribution in [-0.4, -0.2) is 27.5 Å². The van der Waals surface area contributed by atoms with Crippen LogP contribution in [0.4, 0.5) is 11.6 Å². The minimum Gasteiger partial charge on any atom is -0.364 e. The van der Waals surface area contributed by atoms with Gasteiger partial charge in [0.15, 0.2) is 5.69 Å². The van der Waals surface area contributed by atoms with Crippen LogP contribution in [0.25, 0.3) is 10.9 Å². The summed E-state index contributed by atoms with van der Waals surface area (Å²) in [5.41, 5.74) is 9.31. The lowest BCUT2D eigenvalue weighted by Gasteiger charge is -2.12. The van der Waals surface area contributed by atoms with Crippen molar-refractivity contribution in [1.29, 1.82) is 0 Å². The number of benzene rings is 1. The average molecular weight is 343 g/mol. The molecule has 7 nitrogen and oxygen atoms in total. The van der Waals surface area contributed by atoms with Crippen LogP contribution < -0.4 is 11.1 Å². The number of anilines is 2. The molecule has 2 aromatic heterocycles. The van der Waals surface area contributed by atoms with Crippen molar-refractivity contribution < 1.29 is 9.32 Å². The normalized spacial score (nSPS) is 11.0. The van der Waals surface area contributed by atoms with Gasteiger partial charge >= 0.3 is 0 Å². The number of nitrogens with zero attached hydrogens (tertiary/aromatic N) is 3. The molecule has 8 heteroatoms. The predicted molar refractivity (Wildman–Crippen MR) is 93.8 cm³/mol. The van der Waals surface area contributed by atoms with Gasteiger partial charge in [-0.2, -0.15) is 0 Å². The minimum absolute atomic E-state index is 0.0635. The Morgan fingerprint density at radius 3 is 2.58 bits per heavy atom. The van der Waals surface area contributed by atoms with Crippen LogP contribution in [0.3, 0.4) is 0 Å². The van der Waals surface area contributed by atoms with Crippen molar-refractivity contribution in [3.05, 3.63) is 34.6 Å². The molecule has 0 bridgehead atoms. The zero-order valence-corrected chi connectivity index (χ0v) is 14.6. The summed E-state index contributed by atoms with van der Waals surface area (Å²) in [5, 5.41) is 16.0. The largest absolute Gasteiger partial charge is 0.364 e. The Labute approximate surface area is 143 Å². The molecule has 0 unspecified atom stereocenters. The third-order valence-corrected chi connectivity index (χ3v) is 4.60. The van der Waals surface area contributed by atoms with E-state index in [2.05, 4.69) is 20.7 Å². The number of carbonyl (C=O) groups is 1. The molecule has 0 aliphatic heterocycles. The molecule has 0 saturated carbocycles. The van der Waals surface area contributed by atoms with Gasteiger partial charge < -0.3 is 15.6 Å². The second-order valence-corrected chi connectivity index (χ2v) is 6.36. The minimum atomic E-state index is -0.659. The Hall–Kier alpha value is -2.61. The van der Waals surface area contributed by atoms with E-state index >= 15 is 0 Å². The van der Waals surface area contributed by atoms with Gasteiger partial charge in [0.1, 0.15) is 0 Å². The molecule has 0 aliphatic carbocycles. The number of hydrogen-bond acceptors (Lipinski definition) is 7. The van der Waals surface area contributed by atoms with Gasteiger partial charge in [-0.1, -0.05) is 5.16 Å². The van der Waals surface area contributed by atoms with Crippen molar-refractivity contribution in [2.75, 3.05) is 11.6 Å². The van der Waals surface area contributed by atoms with Crippen LogP contribution in [-0.2, 0) is 0 Å². The monoisotopic (exact) mass is 343 g/mol. The number of nitrogens with two attached hydrogens (primary N) is 1. The summed E-state index contributed by atoms with van der Waals surface area (Å²) in [4.78, 5) is 12.9. The Kier molecular flexibility index (Phi) is 4.15. The number of aromatic nitrogens is 3. The number of rotatable bonds is 4. The number of primary amides is 1. The molecule has 0 spiro atoms. The SMILES string of the molecule is CSc1cc(C)c2nnc(C(N)=O)c(Nc3onc(C)c3C)c2c1. The molecule has 3 N–H and O–H groups in total. The van der Waals surface area contributed by atoms with Crippen LogP contribution in [0.1, 0.15) is 27.3 Å². The van der Waals surface area contributed by atoms with Crippen LogP contribution in [0.2, 0.25) is 0 Å². The smallest absolute Gasteiger partial charge is 0.271 e. The van der Waals surface area contributed by atoms with Gasteiger partial charge in [-0.25, -0.2) is 0 Å². The first-order valence-electron chi connectivity index (χ1n) is 7.27. The zero-order chi connectivity index (χ0) is 17.4. The fourth-order valence-electron chi connectivity index (χ4n) is 2.41. The van der Waals surface area contributed by atoms with Crippen molar-refractivity contribution in [3.63, 3.8) is 0 Å². The van der Waals surface area contributed by atoms with Gasteiger partial charge in [-0.05, 0) is 44.7 Å². The standard InChI is InChI=1S/C16H17N5O2S/c1-7-5-10(24-4)6-11-12(7)19-20-14(15(17)22)13(11)18-16-8(2)9(3)21-23-16/h5-6H,1-4H3,(H2,17,22)(H,18,19). The average Bonchev–Trinajstić information content (AvgIpc) is 2.87. The van der Waals surface area contributed by atoms with Crippen molar-refractivity contribution >= 4 is 40.1 Å². The van der Waals surface area contributed by atoms with Crippen LogP contribution in [0.15, 0.2) is 21.6 Å². The molecule has 0 atom stereocenters. The highest BCUT2D eigenvalue weighted by Crippen LogP contribution is 2.33. The summed E-state index contributed by atoms with van der Waals surface area (Å²) in [6.45, 7) is 5.68. The van der Waals surface area contributed by atoms with Crippen LogP contribution in [0, 0.1) is 20.8 Å². The van der Waals surface area contributed by atoms with E-state index in [-0.39, 0.29) is 5.69 Å². The molecule has 3 aromatic rings. The van der Waals surface area contributed by atoms with E-state index in [4.69, 9.17) is 10.3 Å². The van der Waals surface area contributed by atoms with Gasteiger partial charge in [0.2, 0.25) is 5.88 Å². The first-order chi connectivity index (χ1) is 11.4. The number of nitrogens with one attached hydrogen (secondary N) is 1. The highest BCUT2D eigenvalue weighted by molar-refractivity contribution is 7.98. The lowest BCUT2D eigenvalue weighted by Crippen LogP contribution is -2.17. The summed E-state index contributed by atoms with van der Waals surface area (Å²) in [6.07, 6.45) is 1.99. The van der Waals surface area contributed by atoms with Gasteiger partial charge in [0, 0.05) is 15.8 Å². The summed E-state index contributed by atoms with van der Waals surface area (Å²) >= 11 is 1.61. The van der Waals surface area contributed by atoms with Gasteiger partial charge in [-0.15, -0.1) is 22.0 Å². The summed E-state index contributed by atoms with van der Waals surface area (Å²) in [7, 11) is 0. The van der Waals surface area contributed by atoms with Crippen LogP contribution in [0.5, 0.6) is 0 Å². The van der Waals surface area contributed by atoms with E-state index in [0.717, 1.165) is 27.1 Å². The van der Waals surface area contributed by atoms with E-state index in [0.29, 0.717) is 17.1 Å². The fourth-order valence-corrected chi connectivity index (χ4v) is 2.94. The first kappa shape index (κ1) is 16.3. The topological polar surface area (TPSA) is 107 Å². The molecular weight excluding hydrogens is 326 g/mol. The Morgan fingerprint density at radius 1 is 1.25 bits per heavy atom. The molecular formula is C16H17N5O2S. The number of hydrogen-bond donors (Lipinski definition) is 2. The molecule has 0 radical (unpaired) electrons. The lowest BCUT2D eigenvalue weighted by atomic mass is 10.1. The van der Waals surface area contributed by atoms with Crippen molar-refractivity contribution in [2.24, 2.45) is 5.73 Å². The van der Waals surface area contributed by atoms with E-state index in [9.17, 15) is 4.79 Å². The highest BCUT2D eigenvalue weighted by Gasteiger charge is 2.19. The van der Waals surface area contributed by atoms with Gasteiger partial charge in [0.25, 0.3) is 5.91 Å². The summed E-state index contributed by atoms with van der Waals surface area (Å²) in [5.74, 6) is -0.204. The Morgan fingerprint density at radius 2 is 2.00 bits per heavy atom. The second-order valence-electron chi connectivity index (χ2n) is 5.48. The maximum Gasteiger partial charge on any atom is 0.271 e. The van der Waals surface area contributed by atoms with Crippen molar-refractivity contribution in [2.45, 2.75) is 25.7 Å². The summed E-state index contributed by atoms with van der Waals surface area (Å²) < 4.78 is 5.30. The maximum atomic E-state index is 11.8. The first-order valence-corrected chi connectivity index (χ1v) is 8.49. The predicted octanol–water partition coefficient (Wildman–Crippen LogP) is 3.11. The Balaban J connectivity index is 2.29. The number of amides is 1. The number of carbonyl (C=O) groups excluding carboxylic acids is 1. The third-order valence-electron chi connectivity index (χ3n) is 3.89.